The van der Waals surface area contributed by atoms with E-state index in [1.165, 1.54) is 0 Å². The van der Waals surface area contributed by atoms with Gasteiger partial charge in [-0.1, -0.05) is 23.2 Å². The SMILES string of the molecule is CC(C)(C)OC(=O)N[C@@H](Cc1cc(Cl)cc(Cl)c1)C(O)C(N)=O. The van der Waals surface area contributed by atoms with E-state index in [2.05, 4.69) is 5.32 Å². The van der Waals surface area contributed by atoms with Gasteiger partial charge < -0.3 is 20.9 Å². The van der Waals surface area contributed by atoms with Gasteiger partial charge in [-0.3, -0.25) is 4.79 Å². The van der Waals surface area contributed by atoms with Crippen molar-refractivity contribution in [2.75, 3.05) is 0 Å². The van der Waals surface area contributed by atoms with Crippen LogP contribution in [0.1, 0.15) is 26.3 Å². The maximum atomic E-state index is 11.9. The summed E-state index contributed by atoms with van der Waals surface area (Å²) < 4.78 is 5.12. The summed E-state index contributed by atoms with van der Waals surface area (Å²) in [6, 6.07) is 3.81. The van der Waals surface area contributed by atoms with E-state index < -0.39 is 29.7 Å². The van der Waals surface area contributed by atoms with E-state index in [1.54, 1.807) is 39.0 Å². The zero-order valence-electron chi connectivity index (χ0n) is 13.1. The van der Waals surface area contributed by atoms with E-state index in [0.29, 0.717) is 15.6 Å². The summed E-state index contributed by atoms with van der Waals surface area (Å²) in [5.41, 5.74) is 5.03. The molecule has 0 saturated heterocycles. The Morgan fingerprint density at radius 1 is 1.26 bits per heavy atom. The van der Waals surface area contributed by atoms with Gasteiger partial charge in [-0.05, 0) is 51.0 Å². The number of carbonyl (C=O) groups is 2. The lowest BCUT2D eigenvalue weighted by Crippen LogP contribution is -2.51. The summed E-state index contributed by atoms with van der Waals surface area (Å²) in [4.78, 5) is 23.1. The van der Waals surface area contributed by atoms with Crippen molar-refractivity contribution in [3.8, 4) is 0 Å². The molecule has 128 valence electrons. The highest BCUT2D eigenvalue weighted by Gasteiger charge is 2.28. The lowest BCUT2D eigenvalue weighted by atomic mass is 10.0. The van der Waals surface area contributed by atoms with Gasteiger partial charge in [-0.2, -0.15) is 0 Å². The molecule has 0 aromatic heterocycles. The summed E-state index contributed by atoms with van der Waals surface area (Å²) in [5.74, 6) is -0.959. The fraction of sp³-hybridized carbons (Fsp3) is 0.467. The first kappa shape index (κ1) is 19.5. The average Bonchev–Trinajstić information content (AvgIpc) is 2.33. The van der Waals surface area contributed by atoms with Gasteiger partial charge in [-0.15, -0.1) is 0 Å². The van der Waals surface area contributed by atoms with Crippen molar-refractivity contribution in [3.63, 3.8) is 0 Å². The monoisotopic (exact) mass is 362 g/mol. The first-order chi connectivity index (χ1) is 10.5. The smallest absolute Gasteiger partial charge is 0.407 e. The van der Waals surface area contributed by atoms with Gasteiger partial charge in [0.15, 0.2) is 6.10 Å². The maximum Gasteiger partial charge on any atom is 0.407 e. The highest BCUT2D eigenvalue weighted by atomic mass is 35.5. The molecule has 4 N–H and O–H groups in total. The van der Waals surface area contributed by atoms with Gasteiger partial charge in [0, 0.05) is 10.0 Å². The van der Waals surface area contributed by atoms with Gasteiger partial charge in [0.25, 0.3) is 0 Å². The third-order valence-corrected chi connectivity index (χ3v) is 3.19. The Morgan fingerprint density at radius 2 is 1.78 bits per heavy atom. The number of aliphatic hydroxyl groups is 1. The Hall–Kier alpha value is -1.50. The van der Waals surface area contributed by atoms with Crippen LogP contribution in [0.5, 0.6) is 0 Å². The fourth-order valence-electron chi connectivity index (χ4n) is 1.88. The van der Waals surface area contributed by atoms with Crippen LogP contribution in [-0.2, 0) is 16.0 Å². The molecule has 0 spiro atoms. The molecule has 0 aliphatic heterocycles. The molecule has 23 heavy (non-hydrogen) atoms. The number of benzene rings is 1. The van der Waals surface area contributed by atoms with Crippen molar-refractivity contribution in [2.45, 2.75) is 44.9 Å². The zero-order valence-corrected chi connectivity index (χ0v) is 14.6. The van der Waals surface area contributed by atoms with Crippen molar-refractivity contribution < 1.29 is 19.4 Å². The third kappa shape index (κ3) is 7.07. The number of ether oxygens (including phenoxy) is 1. The Kier molecular flexibility index (Phi) is 6.68. The van der Waals surface area contributed by atoms with Crippen LogP contribution in [0.3, 0.4) is 0 Å². The number of carbonyl (C=O) groups excluding carboxylic acids is 2. The number of hydrogen-bond acceptors (Lipinski definition) is 4. The second-order valence-corrected chi connectivity index (χ2v) is 6.95. The fourth-order valence-corrected chi connectivity index (χ4v) is 2.45. The number of rotatable bonds is 5. The second-order valence-electron chi connectivity index (χ2n) is 6.08. The predicted octanol–water partition coefficient (Wildman–Crippen LogP) is 2.28. The van der Waals surface area contributed by atoms with Crippen molar-refractivity contribution >= 4 is 35.2 Å². The van der Waals surface area contributed by atoms with E-state index in [4.69, 9.17) is 33.7 Å². The standard InChI is InChI=1S/C15H20Cl2N2O4/c1-15(2,3)23-14(22)19-11(12(20)13(18)21)6-8-4-9(16)7-10(17)5-8/h4-5,7,11-12,20H,6H2,1-3H3,(H2,18,21)(H,19,22)/t11-,12?/m0/s1. The van der Waals surface area contributed by atoms with E-state index in [9.17, 15) is 14.7 Å². The van der Waals surface area contributed by atoms with Crippen LogP contribution < -0.4 is 11.1 Å². The van der Waals surface area contributed by atoms with E-state index >= 15 is 0 Å². The predicted molar refractivity (Wildman–Crippen MR) is 88.5 cm³/mol. The number of nitrogens with two attached hydrogens (primary N) is 1. The van der Waals surface area contributed by atoms with Gasteiger partial charge >= 0.3 is 6.09 Å². The van der Waals surface area contributed by atoms with Gasteiger partial charge in [0.1, 0.15) is 5.60 Å². The normalized spacial score (nSPS) is 14.0. The Labute approximate surface area is 144 Å². The van der Waals surface area contributed by atoms with Gasteiger partial charge in [-0.25, -0.2) is 4.79 Å². The summed E-state index contributed by atoms with van der Waals surface area (Å²) in [6.45, 7) is 5.09. The topological polar surface area (TPSA) is 102 Å². The third-order valence-electron chi connectivity index (χ3n) is 2.75. The molecule has 0 heterocycles. The minimum atomic E-state index is -1.58. The van der Waals surface area contributed by atoms with Crippen molar-refractivity contribution in [2.24, 2.45) is 5.73 Å². The Morgan fingerprint density at radius 3 is 2.22 bits per heavy atom. The quantitative estimate of drug-likeness (QED) is 0.747. The number of alkyl carbamates (subject to hydrolysis) is 1. The first-order valence-corrected chi connectivity index (χ1v) is 7.65. The zero-order chi connectivity index (χ0) is 17.8. The van der Waals surface area contributed by atoms with Gasteiger partial charge in [0.2, 0.25) is 5.91 Å². The molecule has 0 saturated carbocycles. The summed E-state index contributed by atoms with van der Waals surface area (Å²) in [6.07, 6.45) is -2.25. The number of hydrogen-bond donors (Lipinski definition) is 3. The van der Waals surface area contributed by atoms with E-state index in [0.717, 1.165) is 0 Å². The highest BCUT2D eigenvalue weighted by molar-refractivity contribution is 6.34. The van der Waals surface area contributed by atoms with Crippen LogP contribution in [0.4, 0.5) is 4.79 Å². The number of amides is 2. The number of aliphatic hydroxyl groups excluding tert-OH is 1. The van der Waals surface area contributed by atoms with Crippen LogP contribution >= 0.6 is 23.2 Å². The van der Waals surface area contributed by atoms with Crippen LogP contribution in [0, 0.1) is 0 Å². The van der Waals surface area contributed by atoms with Crippen molar-refractivity contribution in [1.29, 1.82) is 0 Å². The average molecular weight is 363 g/mol. The van der Waals surface area contributed by atoms with Crippen LogP contribution in [-0.4, -0.2) is 34.9 Å². The minimum absolute atomic E-state index is 0.101. The minimum Gasteiger partial charge on any atom is -0.444 e. The van der Waals surface area contributed by atoms with Crippen LogP contribution in [0.2, 0.25) is 10.0 Å². The van der Waals surface area contributed by atoms with Crippen LogP contribution in [0.25, 0.3) is 0 Å². The number of primary amides is 1. The molecule has 6 nitrogen and oxygen atoms in total. The highest BCUT2D eigenvalue weighted by Crippen LogP contribution is 2.20. The second kappa shape index (κ2) is 7.86. The van der Waals surface area contributed by atoms with Crippen molar-refractivity contribution in [1.82, 2.24) is 5.32 Å². The summed E-state index contributed by atoms with van der Waals surface area (Å²) >= 11 is 11.8. The lowest BCUT2D eigenvalue weighted by molar-refractivity contribution is -0.127. The molecular formula is C15H20Cl2N2O4. The first-order valence-electron chi connectivity index (χ1n) is 6.90. The number of halogens is 2. The number of nitrogens with one attached hydrogen (secondary N) is 1. The maximum absolute atomic E-state index is 11.9. The molecule has 0 radical (unpaired) electrons. The largest absolute Gasteiger partial charge is 0.444 e. The lowest BCUT2D eigenvalue weighted by Gasteiger charge is -2.25. The molecular weight excluding hydrogens is 343 g/mol. The Bertz CT molecular complexity index is 567. The molecule has 0 bridgehead atoms. The molecule has 8 heteroatoms. The van der Waals surface area contributed by atoms with E-state index in [1.807, 2.05) is 0 Å². The van der Waals surface area contributed by atoms with Gasteiger partial charge in [0.05, 0.1) is 6.04 Å². The molecule has 1 aromatic carbocycles. The van der Waals surface area contributed by atoms with Crippen molar-refractivity contribution in [3.05, 3.63) is 33.8 Å². The molecule has 0 aliphatic carbocycles. The molecule has 2 amide bonds. The van der Waals surface area contributed by atoms with E-state index in [-0.39, 0.29) is 6.42 Å². The molecule has 1 rings (SSSR count). The van der Waals surface area contributed by atoms with Crippen LogP contribution in [0.15, 0.2) is 18.2 Å². The Balaban J connectivity index is 2.92. The molecule has 1 unspecified atom stereocenters. The molecule has 0 aliphatic rings. The molecule has 0 fully saturated rings. The summed E-state index contributed by atoms with van der Waals surface area (Å²) in [7, 11) is 0. The summed E-state index contributed by atoms with van der Waals surface area (Å²) in [5, 5.41) is 13.2. The molecule has 1 aromatic rings. The molecule has 2 atom stereocenters.